The van der Waals surface area contributed by atoms with Gasteiger partial charge in [0.25, 0.3) is 0 Å². The van der Waals surface area contributed by atoms with E-state index in [0.717, 1.165) is 63.7 Å². The monoisotopic (exact) mass is 849 g/mol. The van der Waals surface area contributed by atoms with Crippen molar-refractivity contribution >= 4 is 17.9 Å². The predicted molar refractivity (Wildman–Crippen MR) is 257 cm³/mol. The van der Waals surface area contributed by atoms with Gasteiger partial charge in [0.15, 0.2) is 6.10 Å². The summed E-state index contributed by atoms with van der Waals surface area (Å²) in [5, 5.41) is 0. The minimum atomic E-state index is -0.760. The molecule has 0 rings (SSSR count). The molecule has 0 aliphatic heterocycles. The lowest BCUT2D eigenvalue weighted by atomic mass is 10.0. The zero-order valence-corrected chi connectivity index (χ0v) is 40.9. The molecule has 0 aromatic rings. The highest BCUT2D eigenvalue weighted by Gasteiger charge is 2.19. The Bertz CT molecular complexity index is 903. The largest absolute Gasteiger partial charge is 0.462 e. The molecule has 0 aliphatic rings. The van der Waals surface area contributed by atoms with E-state index in [9.17, 15) is 14.4 Å². The van der Waals surface area contributed by atoms with Crippen molar-refractivity contribution < 1.29 is 28.6 Å². The minimum Gasteiger partial charge on any atom is -0.462 e. The summed E-state index contributed by atoms with van der Waals surface area (Å²) in [6.45, 7) is 9.03. The molecule has 0 aliphatic carbocycles. The molecule has 6 nitrogen and oxygen atoms in total. The van der Waals surface area contributed by atoms with E-state index in [0.29, 0.717) is 19.3 Å². The number of ether oxygens (including phenoxy) is 3. The Kier molecular flexibility index (Phi) is 47.2. The van der Waals surface area contributed by atoms with Crippen LogP contribution in [0.1, 0.15) is 304 Å². The number of hydrogen-bond donors (Lipinski definition) is 0. The van der Waals surface area contributed by atoms with Crippen molar-refractivity contribution in [3.63, 3.8) is 0 Å². The summed E-state index contributed by atoms with van der Waals surface area (Å²) in [5.41, 5.74) is 0. The first-order chi connectivity index (χ1) is 29.4. The first kappa shape index (κ1) is 58.4. The molecule has 1 atom stereocenters. The second-order valence-corrected chi connectivity index (χ2v) is 19.0. The highest BCUT2D eigenvalue weighted by Crippen LogP contribution is 2.17. The fourth-order valence-electron chi connectivity index (χ4n) is 8.22. The van der Waals surface area contributed by atoms with Crippen molar-refractivity contribution in [1.82, 2.24) is 0 Å². The normalized spacial score (nSPS) is 11.9. The SMILES string of the molecule is CCCCCCCCCCCCCCCCCCC(=O)OC[C@@H](COC(=O)CCCCCCCCCCCCCC(C)C)OC(=O)CCCCCCCCCCCCCC. The molecule has 0 saturated carbocycles. The van der Waals surface area contributed by atoms with Gasteiger partial charge in [0.2, 0.25) is 0 Å². The molecule has 0 heterocycles. The Morgan fingerprint density at radius 1 is 0.317 bits per heavy atom. The Morgan fingerprint density at radius 2 is 0.550 bits per heavy atom. The van der Waals surface area contributed by atoms with Crippen LogP contribution < -0.4 is 0 Å². The molecule has 0 bridgehead atoms. The van der Waals surface area contributed by atoms with Crippen molar-refractivity contribution in [2.45, 2.75) is 310 Å². The van der Waals surface area contributed by atoms with E-state index in [-0.39, 0.29) is 31.1 Å². The molecule has 0 spiro atoms. The molecule has 0 radical (unpaired) electrons. The predicted octanol–water partition coefficient (Wildman–Crippen LogP) is 17.5. The van der Waals surface area contributed by atoms with E-state index >= 15 is 0 Å². The fraction of sp³-hybridized carbons (Fsp3) is 0.944. The van der Waals surface area contributed by atoms with Crippen molar-refractivity contribution in [3.05, 3.63) is 0 Å². The zero-order valence-electron chi connectivity index (χ0n) is 40.9. The quantitative estimate of drug-likeness (QED) is 0.0345. The number of carbonyl (C=O) groups is 3. The van der Waals surface area contributed by atoms with E-state index in [1.54, 1.807) is 0 Å². The first-order valence-electron chi connectivity index (χ1n) is 26.9. The van der Waals surface area contributed by atoms with Gasteiger partial charge < -0.3 is 14.2 Å². The van der Waals surface area contributed by atoms with Gasteiger partial charge in [-0.2, -0.15) is 0 Å². The van der Waals surface area contributed by atoms with Crippen LogP contribution >= 0.6 is 0 Å². The molecule has 0 aromatic carbocycles. The van der Waals surface area contributed by atoms with Gasteiger partial charge in [0, 0.05) is 19.3 Å². The molecule has 60 heavy (non-hydrogen) atoms. The van der Waals surface area contributed by atoms with E-state index in [1.165, 1.54) is 199 Å². The molecule has 0 amide bonds. The summed E-state index contributed by atoms with van der Waals surface area (Å²) in [6, 6.07) is 0. The maximum atomic E-state index is 12.8. The Hall–Kier alpha value is -1.59. The van der Waals surface area contributed by atoms with Gasteiger partial charge in [-0.15, -0.1) is 0 Å². The van der Waals surface area contributed by atoms with Crippen LogP contribution in [-0.4, -0.2) is 37.2 Å². The highest BCUT2D eigenvalue weighted by molar-refractivity contribution is 5.71. The zero-order chi connectivity index (χ0) is 43.8. The van der Waals surface area contributed by atoms with Crippen molar-refractivity contribution in [2.24, 2.45) is 5.92 Å². The fourth-order valence-corrected chi connectivity index (χ4v) is 8.22. The lowest BCUT2D eigenvalue weighted by Gasteiger charge is -2.18. The number of esters is 3. The molecular formula is C54H104O6. The van der Waals surface area contributed by atoms with Crippen LogP contribution in [0.3, 0.4) is 0 Å². The standard InChI is InChI=1S/C54H104O6/c1-5-7-9-11-13-15-17-19-20-21-22-26-29-33-37-41-45-52(55)58-48-51(60-54(57)47-43-39-35-31-25-18-16-14-12-10-8-6-2)49-59-53(56)46-42-38-34-30-27-23-24-28-32-36-40-44-50(3)4/h50-51H,5-49H2,1-4H3/t51-/m0/s1. The van der Waals surface area contributed by atoms with Crippen LogP contribution in [0.15, 0.2) is 0 Å². The summed E-state index contributed by atoms with van der Waals surface area (Å²) in [7, 11) is 0. The molecule has 0 unspecified atom stereocenters. The number of rotatable bonds is 49. The number of hydrogen-bond acceptors (Lipinski definition) is 6. The maximum absolute atomic E-state index is 12.8. The van der Waals surface area contributed by atoms with Crippen LogP contribution in [0.25, 0.3) is 0 Å². The van der Waals surface area contributed by atoms with Crippen molar-refractivity contribution in [2.75, 3.05) is 13.2 Å². The topological polar surface area (TPSA) is 78.9 Å². The van der Waals surface area contributed by atoms with Gasteiger partial charge in [0.05, 0.1) is 0 Å². The van der Waals surface area contributed by atoms with Crippen LogP contribution in [0.2, 0.25) is 0 Å². The summed E-state index contributed by atoms with van der Waals surface area (Å²) < 4.78 is 16.8. The maximum Gasteiger partial charge on any atom is 0.306 e. The van der Waals surface area contributed by atoms with Gasteiger partial charge in [-0.1, -0.05) is 265 Å². The Labute approximate surface area is 374 Å². The third-order valence-corrected chi connectivity index (χ3v) is 12.3. The van der Waals surface area contributed by atoms with Crippen molar-refractivity contribution in [1.29, 1.82) is 0 Å². The molecule has 0 saturated heterocycles. The molecule has 6 heteroatoms. The van der Waals surface area contributed by atoms with Gasteiger partial charge in [0.1, 0.15) is 13.2 Å². The van der Waals surface area contributed by atoms with Crippen LogP contribution in [-0.2, 0) is 28.6 Å². The number of carbonyl (C=O) groups excluding carboxylic acids is 3. The van der Waals surface area contributed by atoms with Crippen LogP contribution in [0, 0.1) is 5.92 Å². The van der Waals surface area contributed by atoms with Gasteiger partial charge in [-0.05, 0) is 25.2 Å². The molecule has 0 aromatic heterocycles. The lowest BCUT2D eigenvalue weighted by molar-refractivity contribution is -0.167. The van der Waals surface area contributed by atoms with E-state index in [2.05, 4.69) is 27.7 Å². The smallest absolute Gasteiger partial charge is 0.306 e. The lowest BCUT2D eigenvalue weighted by Crippen LogP contribution is -2.30. The number of unbranched alkanes of at least 4 members (excludes halogenated alkanes) is 36. The summed E-state index contributed by atoms with van der Waals surface area (Å²) >= 11 is 0. The molecular weight excluding hydrogens is 745 g/mol. The van der Waals surface area contributed by atoms with E-state index in [4.69, 9.17) is 14.2 Å². The van der Waals surface area contributed by atoms with Crippen LogP contribution in [0.5, 0.6) is 0 Å². The average Bonchev–Trinajstić information content (AvgIpc) is 3.23. The summed E-state index contributed by atoms with van der Waals surface area (Å²) in [6.07, 6.45) is 50.8. The second-order valence-electron chi connectivity index (χ2n) is 19.0. The van der Waals surface area contributed by atoms with E-state index in [1.807, 2.05) is 0 Å². The minimum absolute atomic E-state index is 0.0624. The summed E-state index contributed by atoms with van der Waals surface area (Å²) in [5.74, 6) is -0.0146. The van der Waals surface area contributed by atoms with Gasteiger partial charge in [-0.3, -0.25) is 14.4 Å². The van der Waals surface area contributed by atoms with Crippen molar-refractivity contribution in [3.8, 4) is 0 Å². The van der Waals surface area contributed by atoms with Crippen LogP contribution in [0.4, 0.5) is 0 Å². The first-order valence-corrected chi connectivity index (χ1v) is 26.9. The molecule has 0 fully saturated rings. The third kappa shape index (κ3) is 47.5. The molecule has 0 N–H and O–H groups in total. The highest BCUT2D eigenvalue weighted by atomic mass is 16.6. The Balaban J connectivity index is 4.29. The van der Waals surface area contributed by atoms with E-state index < -0.39 is 6.10 Å². The second kappa shape index (κ2) is 48.4. The van der Waals surface area contributed by atoms with Gasteiger partial charge >= 0.3 is 17.9 Å². The third-order valence-electron chi connectivity index (χ3n) is 12.3. The summed E-state index contributed by atoms with van der Waals surface area (Å²) in [4.78, 5) is 38.0. The van der Waals surface area contributed by atoms with Gasteiger partial charge in [-0.25, -0.2) is 0 Å². The average molecular weight is 849 g/mol. The Morgan fingerprint density at radius 3 is 0.817 bits per heavy atom. The molecule has 356 valence electrons.